The van der Waals surface area contributed by atoms with Crippen LogP contribution in [-0.4, -0.2) is 102 Å². The number of piperidine rings is 2. The first kappa shape index (κ1) is 33.0. The molecule has 5 rings (SSSR count). The fourth-order valence-corrected chi connectivity index (χ4v) is 6.61. The van der Waals surface area contributed by atoms with Gasteiger partial charge in [0, 0.05) is 69.5 Å². The van der Waals surface area contributed by atoms with Gasteiger partial charge in [-0.15, -0.1) is 0 Å². The summed E-state index contributed by atoms with van der Waals surface area (Å²) in [6, 6.07) is 4.70. The summed E-state index contributed by atoms with van der Waals surface area (Å²) in [6.45, 7) is 16.5. The van der Waals surface area contributed by atoms with Gasteiger partial charge in [-0.1, -0.05) is 6.08 Å². The molecule has 0 bridgehead atoms. The van der Waals surface area contributed by atoms with E-state index in [0.29, 0.717) is 17.2 Å². The summed E-state index contributed by atoms with van der Waals surface area (Å²) in [6.07, 6.45) is 10.2. The molecule has 0 aliphatic carbocycles. The van der Waals surface area contributed by atoms with Crippen LogP contribution in [0.2, 0.25) is 0 Å². The number of ether oxygens (including phenoxy) is 1. The molecular formula is C35H51FN6O3. The quantitative estimate of drug-likeness (QED) is 0.470. The molecule has 2 aromatic rings. The highest BCUT2D eigenvalue weighted by atomic mass is 19.1. The molecule has 45 heavy (non-hydrogen) atoms. The number of rotatable bonds is 8. The number of hydrogen-bond acceptors (Lipinski definition) is 6. The average molecular weight is 623 g/mol. The van der Waals surface area contributed by atoms with E-state index in [1.165, 1.54) is 22.9 Å². The third kappa shape index (κ3) is 8.08. The van der Waals surface area contributed by atoms with Crippen molar-refractivity contribution in [1.82, 2.24) is 29.9 Å². The Hall–Kier alpha value is -3.37. The minimum Gasteiger partial charge on any atom is -0.444 e. The molecule has 1 aromatic carbocycles. The van der Waals surface area contributed by atoms with Gasteiger partial charge in [0.05, 0.1) is 16.6 Å². The van der Waals surface area contributed by atoms with Crippen molar-refractivity contribution in [1.29, 1.82) is 0 Å². The molecule has 246 valence electrons. The molecule has 2 amide bonds. The number of nitrogens with zero attached hydrogens (tertiary/aromatic N) is 4. The number of hydrogen-bond donors (Lipinski definition) is 2. The van der Waals surface area contributed by atoms with E-state index < -0.39 is 11.4 Å². The van der Waals surface area contributed by atoms with Crippen molar-refractivity contribution in [3.8, 4) is 5.69 Å². The number of halogens is 1. The standard InChI is InChI=1S/C35H51FN6O3/c1-24(2)39(6)33(43)29-21-26(36)7-8-31(29)42-23-30(28-9-14-37-22-32(28)42)25-10-15-40(16-11-25)19-20-41-17-12-27(13-18-41)38-34(44)45-35(3,4)5/h7-9,21-25,27,37H,10-20H2,1-6H3,(H,38,44). The number of fused-ring (bicyclic) bond motifs is 1. The van der Waals surface area contributed by atoms with Crippen LogP contribution in [0.3, 0.4) is 0 Å². The summed E-state index contributed by atoms with van der Waals surface area (Å²) in [5.41, 5.74) is 1.90. The highest BCUT2D eigenvalue weighted by Gasteiger charge is 2.27. The number of alkyl carbamates (subject to hydrolysis) is 1. The lowest BCUT2D eigenvalue weighted by atomic mass is 9.90. The van der Waals surface area contributed by atoms with Gasteiger partial charge in [0.25, 0.3) is 5.91 Å². The van der Waals surface area contributed by atoms with Crippen molar-refractivity contribution in [2.24, 2.45) is 0 Å². The van der Waals surface area contributed by atoms with Gasteiger partial charge in [-0.05, 0) is 103 Å². The van der Waals surface area contributed by atoms with Crippen LogP contribution in [0.1, 0.15) is 82.1 Å². The van der Waals surface area contributed by atoms with Crippen molar-refractivity contribution in [3.63, 3.8) is 0 Å². The maximum atomic E-state index is 14.4. The first-order chi connectivity index (χ1) is 21.4. The molecule has 3 aliphatic heterocycles. The van der Waals surface area contributed by atoms with E-state index in [-0.39, 0.29) is 24.1 Å². The van der Waals surface area contributed by atoms with Crippen molar-refractivity contribution in [2.75, 3.05) is 52.9 Å². The van der Waals surface area contributed by atoms with Crippen LogP contribution in [0, 0.1) is 5.82 Å². The Morgan fingerprint density at radius 1 is 1.07 bits per heavy atom. The first-order valence-electron chi connectivity index (χ1n) is 16.6. The fraction of sp³-hybridized carbons (Fsp3) is 0.600. The Morgan fingerprint density at radius 3 is 2.33 bits per heavy atom. The van der Waals surface area contributed by atoms with E-state index in [1.54, 1.807) is 18.0 Å². The molecule has 2 fully saturated rings. The Balaban J connectivity index is 1.20. The number of amides is 2. The second-order valence-corrected chi connectivity index (χ2v) is 14.1. The highest BCUT2D eigenvalue weighted by Crippen LogP contribution is 2.27. The average Bonchev–Trinajstić information content (AvgIpc) is 3.38. The topological polar surface area (TPSA) is 82.1 Å². The zero-order valence-corrected chi connectivity index (χ0v) is 27.9. The molecule has 0 atom stereocenters. The van der Waals surface area contributed by atoms with Crippen molar-refractivity contribution >= 4 is 24.3 Å². The zero-order chi connectivity index (χ0) is 32.3. The predicted octanol–water partition coefficient (Wildman–Crippen LogP) is 3.39. The second kappa shape index (κ2) is 14.0. The lowest BCUT2D eigenvalue weighted by Gasteiger charge is -2.36. The van der Waals surface area contributed by atoms with Crippen molar-refractivity contribution in [2.45, 2.75) is 83.9 Å². The van der Waals surface area contributed by atoms with E-state index in [0.717, 1.165) is 76.8 Å². The van der Waals surface area contributed by atoms with Gasteiger partial charge in [0.15, 0.2) is 0 Å². The van der Waals surface area contributed by atoms with Gasteiger partial charge in [-0.2, -0.15) is 0 Å². The van der Waals surface area contributed by atoms with Crippen LogP contribution in [0.15, 0.2) is 24.4 Å². The SMILES string of the molecule is CC(C)N(C)C(=O)c1cc(F)ccc1-n1cc(C2CCN(CCN3CCC(NC(=O)OC(C)(C)C)CC3)CC2)c2c1=CNCC=2. The molecule has 0 saturated carbocycles. The fourth-order valence-electron chi connectivity index (χ4n) is 6.61. The van der Waals surface area contributed by atoms with Crippen LogP contribution in [-0.2, 0) is 4.74 Å². The Kier molecular flexibility index (Phi) is 10.2. The summed E-state index contributed by atoms with van der Waals surface area (Å²) in [5, 5.41) is 8.59. The molecule has 1 aromatic heterocycles. The van der Waals surface area contributed by atoms with Crippen molar-refractivity contribution in [3.05, 3.63) is 51.9 Å². The maximum Gasteiger partial charge on any atom is 0.407 e. The monoisotopic (exact) mass is 622 g/mol. The lowest BCUT2D eigenvalue weighted by Crippen LogP contribution is -2.48. The van der Waals surface area contributed by atoms with Gasteiger partial charge in [-0.25, -0.2) is 9.18 Å². The van der Waals surface area contributed by atoms with Gasteiger partial charge < -0.3 is 34.6 Å². The summed E-state index contributed by atoms with van der Waals surface area (Å²) in [4.78, 5) is 32.3. The first-order valence-corrected chi connectivity index (χ1v) is 16.6. The smallest absolute Gasteiger partial charge is 0.407 e. The second-order valence-electron chi connectivity index (χ2n) is 14.1. The Bertz CT molecular complexity index is 1480. The number of aromatic nitrogens is 1. The van der Waals surface area contributed by atoms with Crippen LogP contribution < -0.4 is 21.2 Å². The Labute approximate surface area is 267 Å². The van der Waals surface area contributed by atoms with E-state index in [9.17, 15) is 14.0 Å². The lowest BCUT2D eigenvalue weighted by molar-refractivity contribution is 0.0476. The minimum absolute atomic E-state index is 0.00232. The highest BCUT2D eigenvalue weighted by molar-refractivity contribution is 5.98. The van der Waals surface area contributed by atoms with E-state index in [4.69, 9.17) is 4.74 Å². The molecular weight excluding hydrogens is 571 g/mol. The predicted molar refractivity (Wildman–Crippen MR) is 176 cm³/mol. The summed E-state index contributed by atoms with van der Waals surface area (Å²) >= 11 is 0. The molecule has 2 N–H and O–H groups in total. The normalized spacial score (nSPS) is 18.5. The molecule has 9 nitrogen and oxygen atoms in total. The molecule has 3 aliphatic rings. The van der Waals surface area contributed by atoms with E-state index in [2.05, 4.69) is 37.3 Å². The summed E-state index contributed by atoms with van der Waals surface area (Å²) < 4.78 is 21.9. The molecule has 2 saturated heterocycles. The van der Waals surface area contributed by atoms with E-state index in [1.807, 2.05) is 40.8 Å². The summed E-state index contributed by atoms with van der Waals surface area (Å²) in [5.74, 6) is -0.178. The van der Waals surface area contributed by atoms with Gasteiger partial charge in [0.1, 0.15) is 11.4 Å². The largest absolute Gasteiger partial charge is 0.444 e. The Morgan fingerprint density at radius 2 is 1.71 bits per heavy atom. The van der Waals surface area contributed by atoms with Gasteiger partial charge in [-0.3, -0.25) is 4.79 Å². The van der Waals surface area contributed by atoms with E-state index >= 15 is 0 Å². The molecule has 0 radical (unpaired) electrons. The molecule has 0 spiro atoms. The third-order valence-corrected chi connectivity index (χ3v) is 9.39. The number of benzene rings is 1. The number of likely N-dealkylation sites (tertiary alicyclic amines) is 2. The maximum absolute atomic E-state index is 14.4. The number of nitrogens with one attached hydrogen (secondary N) is 2. The van der Waals surface area contributed by atoms with Crippen LogP contribution >= 0.6 is 0 Å². The summed E-state index contributed by atoms with van der Waals surface area (Å²) in [7, 11) is 1.76. The zero-order valence-electron chi connectivity index (χ0n) is 27.9. The third-order valence-electron chi connectivity index (χ3n) is 9.39. The van der Waals surface area contributed by atoms with Crippen LogP contribution in [0.25, 0.3) is 18.0 Å². The minimum atomic E-state index is -0.480. The number of carbonyl (C=O) groups is 2. The molecule has 4 heterocycles. The number of carbonyl (C=O) groups excluding carboxylic acids is 2. The molecule has 0 unspecified atom stereocenters. The van der Waals surface area contributed by atoms with Gasteiger partial charge in [0.2, 0.25) is 0 Å². The van der Waals surface area contributed by atoms with Gasteiger partial charge >= 0.3 is 6.09 Å². The molecule has 10 heteroatoms. The van der Waals surface area contributed by atoms with Crippen LogP contribution in [0.4, 0.5) is 9.18 Å². The van der Waals surface area contributed by atoms with Crippen LogP contribution in [0.5, 0.6) is 0 Å². The van der Waals surface area contributed by atoms with Crippen molar-refractivity contribution < 1.29 is 18.7 Å².